The molecular formula is C16H26N6O2. The number of hydrogen-bond donors (Lipinski definition) is 1. The van der Waals surface area contributed by atoms with Crippen molar-refractivity contribution in [1.82, 2.24) is 9.97 Å². The van der Waals surface area contributed by atoms with Crippen LogP contribution in [0.2, 0.25) is 0 Å². The highest BCUT2D eigenvalue weighted by atomic mass is 16.6. The van der Waals surface area contributed by atoms with Crippen molar-refractivity contribution >= 4 is 23.3 Å². The fourth-order valence-electron chi connectivity index (χ4n) is 3.58. The normalized spacial score (nSPS) is 22.7. The van der Waals surface area contributed by atoms with Crippen molar-refractivity contribution in [3.05, 3.63) is 10.1 Å². The van der Waals surface area contributed by atoms with Gasteiger partial charge in [-0.25, -0.2) is 0 Å². The van der Waals surface area contributed by atoms with Crippen LogP contribution in [0, 0.1) is 22.0 Å². The van der Waals surface area contributed by atoms with E-state index in [2.05, 4.69) is 28.7 Å². The van der Waals surface area contributed by atoms with E-state index < -0.39 is 4.92 Å². The molecule has 3 heterocycles. The lowest BCUT2D eigenvalue weighted by Crippen LogP contribution is -2.37. The molecule has 0 saturated carbocycles. The molecule has 0 radical (unpaired) electrons. The van der Waals surface area contributed by atoms with Crippen molar-refractivity contribution in [1.29, 1.82) is 0 Å². The number of hydrogen-bond acceptors (Lipinski definition) is 7. The number of rotatable bonds is 3. The molecule has 1 aromatic rings. The van der Waals surface area contributed by atoms with E-state index in [9.17, 15) is 10.1 Å². The van der Waals surface area contributed by atoms with Crippen LogP contribution in [-0.2, 0) is 0 Å². The third kappa shape index (κ3) is 3.37. The van der Waals surface area contributed by atoms with Gasteiger partial charge in [0.1, 0.15) is 0 Å². The Balaban J connectivity index is 1.96. The lowest BCUT2D eigenvalue weighted by Gasteiger charge is -2.33. The number of nitrogens with zero attached hydrogens (tertiary/aromatic N) is 5. The molecule has 0 bridgehead atoms. The van der Waals surface area contributed by atoms with Gasteiger partial charge in [-0.2, -0.15) is 9.97 Å². The van der Waals surface area contributed by atoms with Crippen LogP contribution in [-0.4, -0.2) is 41.1 Å². The number of anilines is 3. The van der Waals surface area contributed by atoms with E-state index in [1.807, 2.05) is 4.90 Å². The summed E-state index contributed by atoms with van der Waals surface area (Å²) in [6, 6.07) is 0. The fourth-order valence-corrected chi connectivity index (χ4v) is 3.58. The molecule has 8 nitrogen and oxygen atoms in total. The molecule has 0 aromatic carbocycles. The molecule has 24 heavy (non-hydrogen) atoms. The Hall–Kier alpha value is -2.12. The van der Waals surface area contributed by atoms with E-state index in [0.717, 1.165) is 45.4 Å². The fraction of sp³-hybridized carbons (Fsp3) is 0.750. The van der Waals surface area contributed by atoms with Gasteiger partial charge >= 0.3 is 5.69 Å². The highest BCUT2D eigenvalue weighted by molar-refractivity contribution is 5.71. The summed E-state index contributed by atoms with van der Waals surface area (Å²) in [7, 11) is 0. The van der Waals surface area contributed by atoms with Gasteiger partial charge in [0.25, 0.3) is 0 Å². The van der Waals surface area contributed by atoms with Gasteiger partial charge < -0.3 is 15.5 Å². The first-order chi connectivity index (χ1) is 11.5. The summed E-state index contributed by atoms with van der Waals surface area (Å²) in [5, 5.41) is 11.5. The second-order valence-corrected chi connectivity index (χ2v) is 7.20. The smallest absolute Gasteiger partial charge is 0.353 e. The molecule has 3 rings (SSSR count). The topological polar surface area (TPSA) is 101 Å². The second kappa shape index (κ2) is 6.78. The van der Waals surface area contributed by atoms with Gasteiger partial charge in [-0.1, -0.05) is 13.8 Å². The predicted molar refractivity (Wildman–Crippen MR) is 94.3 cm³/mol. The lowest BCUT2D eigenvalue weighted by molar-refractivity contribution is -0.383. The maximum atomic E-state index is 11.5. The SMILES string of the molecule is CC1CCN(c2nc(N3CCCC(C)C3)nc(N)c2[N+](=O)[O-])CC1. The summed E-state index contributed by atoms with van der Waals surface area (Å²) >= 11 is 0. The monoisotopic (exact) mass is 334 g/mol. The van der Waals surface area contributed by atoms with Crippen LogP contribution in [0.1, 0.15) is 39.5 Å². The van der Waals surface area contributed by atoms with E-state index in [1.165, 1.54) is 6.42 Å². The van der Waals surface area contributed by atoms with Crippen molar-refractivity contribution in [2.45, 2.75) is 39.5 Å². The van der Waals surface area contributed by atoms with Gasteiger partial charge in [0.2, 0.25) is 17.6 Å². The van der Waals surface area contributed by atoms with Crippen LogP contribution in [0.5, 0.6) is 0 Å². The molecular weight excluding hydrogens is 308 g/mol. The maximum absolute atomic E-state index is 11.5. The number of aromatic nitrogens is 2. The largest absolute Gasteiger partial charge is 0.378 e. The third-order valence-electron chi connectivity index (χ3n) is 5.09. The summed E-state index contributed by atoms with van der Waals surface area (Å²) in [5.74, 6) is 2.09. The standard InChI is InChI=1S/C16H26N6O2/c1-11-5-8-20(9-6-11)15-13(22(23)24)14(17)18-16(19-15)21-7-3-4-12(2)10-21/h11-12H,3-10H2,1-2H3,(H2,17,18,19). The van der Waals surface area contributed by atoms with Crippen LogP contribution in [0.15, 0.2) is 0 Å². The summed E-state index contributed by atoms with van der Waals surface area (Å²) in [6.07, 6.45) is 4.29. The first kappa shape index (κ1) is 16.7. The Kier molecular flexibility index (Phi) is 4.73. The highest BCUT2D eigenvalue weighted by Gasteiger charge is 2.31. The molecule has 1 atom stereocenters. The average molecular weight is 334 g/mol. The first-order valence-electron chi connectivity index (χ1n) is 8.77. The van der Waals surface area contributed by atoms with Gasteiger partial charge in [-0.3, -0.25) is 10.1 Å². The van der Waals surface area contributed by atoms with Gasteiger partial charge in [-0.05, 0) is 37.5 Å². The molecule has 0 amide bonds. The molecule has 2 aliphatic rings. The van der Waals surface area contributed by atoms with Gasteiger partial charge in [0.05, 0.1) is 4.92 Å². The van der Waals surface area contributed by atoms with Crippen LogP contribution in [0.4, 0.5) is 23.3 Å². The summed E-state index contributed by atoms with van der Waals surface area (Å²) in [5.41, 5.74) is 5.80. The molecule has 132 valence electrons. The lowest BCUT2D eigenvalue weighted by atomic mass is 9.99. The molecule has 1 unspecified atom stereocenters. The molecule has 2 fully saturated rings. The van der Waals surface area contributed by atoms with Crippen LogP contribution in [0.3, 0.4) is 0 Å². The van der Waals surface area contributed by atoms with Crippen LogP contribution >= 0.6 is 0 Å². The summed E-state index contributed by atoms with van der Waals surface area (Å²) in [6.45, 7) is 7.70. The molecule has 8 heteroatoms. The van der Waals surface area contributed by atoms with Crippen molar-refractivity contribution in [3.8, 4) is 0 Å². The number of nitrogens with two attached hydrogens (primary N) is 1. The number of nitrogen functional groups attached to an aromatic ring is 1. The van der Waals surface area contributed by atoms with E-state index in [4.69, 9.17) is 5.73 Å². The van der Waals surface area contributed by atoms with Crippen molar-refractivity contribution in [2.24, 2.45) is 11.8 Å². The van der Waals surface area contributed by atoms with E-state index in [0.29, 0.717) is 23.6 Å². The Labute approximate surface area is 142 Å². The minimum atomic E-state index is -0.453. The Bertz CT molecular complexity index is 615. The highest BCUT2D eigenvalue weighted by Crippen LogP contribution is 2.35. The maximum Gasteiger partial charge on any atom is 0.353 e. The van der Waals surface area contributed by atoms with Crippen molar-refractivity contribution < 1.29 is 4.92 Å². The Morgan fingerprint density at radius 2 is 1.79 bits per heavy atom. The quantitative estimate of drug-likeness (QED) is 0.669. The number of piperidine rings is 2. The molecule has 2 N–H and O–H groups in total. The van der Waals surface area contributed by atoms with E-state index in [1.54, 1.807) is 0 Å². The first-order valence-corrected chi connectivity index (χ1v) is 8.77. The van der Waals surface area contributed by atoms with Gasteiger partial charge in [-0.15, -0.1) is 0 Å². The zero-order valence-corrected chi connectivity index (χ0v) is 14.4. The minimum absolute atomic E-state index is 0.0307. The van der Waals surface area contributed by atoms with Crippen LogP contribution < -0.4 is 15.5 Å². The molecule has 2 aliphatic heterocycles. The van der Waals surface area contributed by atoms with Gasteiger partial charge in [0.15, 0.2) is 0 Å². The second-order valence-electron chi connectivity index (χ2n) is 7.20. The predicted octanol–water partition coefficient (Wildman–Crippen LogP) is 2.44. The molecule has 0 spiro atoms. The summed E-state index contributed by atoms with van der Waals surface area (Å²) in [4.78, 5) is 24.0. The minimum Gasteiger partial charge on any atom is -0.378 e. The van der Waals surface area contributed by atoms with E-state index in [-0.39, 0.29) is 11.5 Å². The third-order valence-corrected chi connectivity index (χ3v) is 5.09. The molecule has 0 aliphatic carbocycles. The zero-order valence-electron chi connectivity index (χ0n) is 14.4. The van der Waals surface area contributed by atoms with Crippen LogP contribution in [0.25, 0.3) is 0 Å². The average Bonchev–Trinajstić information content (AvgIpc) is 2.54. The van der Waals surface area contributed by atoms with E-state index >= 15 is 0 Å². The molecule has 2 saturated heterocycles. The van der Waals surface area contributed by atoms with Crippen molar-refractivity contribution in [3.63, 3.8) is 0 Å². The van der Waals surface area contributed by atoms with Gasteiger partial charge in [0, 0.05) is 26.2 Å². The van der Waals surface area contributed by atoms with Crippen molar-refractivity contribution in [2.75, 3.05) is 41.7 Å². The molecule has 1 aromatic heterocycles. The summed E-state index contributed by atoms with van der Waals surface area (Å²) < 4.78 is 0. The Morgan fingerprint density at radius 1 is 1.08 bits per heavy atom. The number of nitro groups is 1. The zero-order chi connectivity index (χ0) is 17.3. The Morgan fingerprint density at radius 3 is 2.42 bits per heavy atom.